The first kappa shape index (κ1) is 16.7. The molecule has 0 aliphatic carbocycles. The lowest BCUT2D eigenvalue weighted by atomic mass is 10.0. The third-order valence-electron chi connectivity index (χ3n) is 4.11. The fourth-order valence-corrected chi connectivity index (χ4v) is 2.76. The monoisotopic (exact) mass is 337 g/mol. The van der Waals surface area contributed by atoms with Gasteiger partial charge in [0.2, 0.25) is 0 Å². The SMILES string of the molecule is COc1cccc(-c2c(C(=O)O)nnn2Cc2cc(C)ccc2C)c1. The van der Waals surface area contributed by atoms with Crippen LogP contribution in [0.3, 0.4) is 0 Å². The highest BCUT2D eigenvalue weighted by molar-refractivity contribution is 5.92. The molecule has 6 nitrogen and oxygen atoms in total. The number of carboxylic acids is 1. The van der Waals surface area contributed by atoms with Gasteiger partial charge in [-0.25, -0.2) is 9.48 Å². The second kappa shape index (κ2) is 6.76. The number of methoxy groups -OCH3 is 1. The van der Waals surface area contributed by atoms with E-state index >= 15 is 0 Å². The molecule has 3 aromatic rings. The second-order valence-electron chi connectivity index (χ2n) is 5.91. The molecule has 6 heteroatoms. The van der Waals surface area contributed by atoms with Crippen molar-refractivity contribution in [3.63, 3.8) is 0 Å². The molecule has 3 rings (SSSR count). The van der Waals surface area contributed by atoms with E-state index in [2.05, 4.69) is 16.4 Å². The van der Waals surface area contributed by atoms with Crippen molar-refractivity contribution < 1.29 is 14.6 Å². The Hall–Kier alpha value is -3.15. The maximum Gasteiger partial charge on any atom is 0.358 e. The van der Waals surface area contributed by atoms with Crippen molar-refractivity contribution in [2.45, 2.75) is 20.4 Å². The lowest BCUT2D eigenvalue weighted by Crippen LogP contribution is -2.07. The smallest absolute Gasteiger partial charge is 0.358 e. The van der Waals surface area contributed by atoms with Crippen LogP contribution in [0.2, 0.25) is 0 Å². The van der Waals surface area contributed by atoms with Gasteiger partial charge in [0.1, 0.15) is 11.4 Å². The number of benzene rings is 2. The van der Waals surface area contributed by atoms with Crippen LogP contribution >= 0.6 is 0 Å². The zero-order valence-electron chi connectivity index (χ0n) is 14.4. The Morgan fingerprint density at radius 2 is 2.00 bits per heavy atom. The topological polar surface area (TPSA) is 77.2 Å². The van der Waals surface area contributed by atoms with Gasteiger partial charge in [0, 0.05) is 5.56 Å². The number of hydrogen-bond donors (Lipinski definition) is 1. The Morgan fingerprint density at radius 3 is 2.72 bits per heavy atom. The minimum Gasteiger partial charge on any atom is -0.497 e. The van der Waals surface area contributed by atoms with Crippen LogP contribution in [-0.4, -0.2) is 33.2 Å². The Morgan fingerprint density at radius 1 is 1.20 bits per heavy atom. The fraction of sp³-hybridized carbons (Fsp3) is 0.211. The summed E-state index contributed by atoms with van der Waals surface area (Å²) >= 11 is 0. The zero-order chi connectivity index (χ0) is 18.0. The third kappa shape index (κ3) is 3.38. The van der Waals surface area contributed by atoms with Crippen LogP contribution < -0.4 is 4.74 Å². The van der Waals surface area contributed by atoms with E-state index in [-0.39, 0.29) is 5.69 Å². The van der Waals surface area contributed by atoms with Gasteiger partial charge in [-0.05, 0) is 37.1 Å². The highest BCUT2D eigenvalue weighted by Gasteiger charge is 2.21. The Kier molecular flexibility index (Phi) is 4.52. The number of carbonyl (C=O) groups is 1. The zero-order valence-corrected chi connectivity index (χ0v) is 14.4. The number of nitrogens with zero attached hydrogens (tertiary/aromatic N) is 3. The molecular weight excluding hydrogens is 318 g/mol. The number of aromatic nitrogens is 3. The number of hydrogen-bond acceptors (Lipinski definition) is 4. The molecule has 1 N–H and O–H groups in total. The summed E-state index contributed by atoms with van der Waals surface area (Å²) in [7, 11) is 1.57. The van der Waals surface area contributed by atoms with E-state index < -0.39 is 5.97 Å². The number of aryl methyl sites for hydroxylation is 2. The normalized spacial score (nSPS) is 10.7. The molecule has 1 aromatic heterocycles. The summed E-state index contributed by atoms with van der Waals surface area (Å²) in [5, 5.41) is 17.4. The van der Waals surface area contributed by atoms with E-state index in [0.29, 0.717) is 23.6 Å². The van der Waals surface area contributed by atoms with Gasteiger partial charge in [-0.3, -0.25) is 0 Å². The summed E-state index contributed by atoms with van der Waals surface area (Å²) < 4.78 is 6.87. The Balaban J connectivity index is 2.11. The van der Waals surface area contributed by atoms with Crippen molar-refractivity contribution in [2.24, 2.45) is 0 Å². The van der Waals surface area contributed by atoms with E-state index in [1.165, 1.54) is 0 Å². The van der Waals surface area contributed by atoms with Crippen LogP contribution in [0.15, 0.2) is 42.5 Å². The summed E-state index contributed by atoms with van der Waals surface area (Å²) in [5.74, 6) is -0.460. The van der Waals surface area contributed by atoms with Gasteiger partial charge in [0.15, 0.2) is 5.69 Å². The highest BCUT2D eigenvalue weighted by atomic mass is 16.5. The van der Waals surface area contributed by atoms with Gasteiger partial charge < -0.3 is 9.84 Å². The minimum absolute atomic E-state index is 0.0708. The minimum atomic E-state index is -1.11. The van der Waals surface area contributed by atoms with Crippen LogP contribution in [-0.2, 0) is 6.54 Å². The second-order valence-corrected chi connectivity index (χ2v) is 5.91. The maximum atomic E-state index is 11.6. The summed E-state index contributed by atoms with van der Waals surface area (Å²) in [5.41, 5.74) is 4.43. The average Bonchev–Trinajstić information content (AvgIpc) is 3.02. The molecule has 0 fully saturated rings. The van der Waals surface area contributed by atoms with Crippen LogP contribution in [0, 0.1) is 13.8 Å². The number of carboxylic acid groups (broad SMARTS) is 1. The van der Waals surface area contributed by atoms with E-state index in [1.807, 2.05) is 44.2 Å². The van der Waals surface area contributed by atoms with Crippen molar-refractivity contribution in [3.05, 3.63) is 64.8 Å². The van der Waals surface area contributed by atoms with Gasteiger partial charge in [0.05, 0.1) is 13.7 Å². The van der Waals surface area contributed by atoms with E-state index in [0.717, 1.165) is 16.7 Å². The van der Waals surface area contributed by atoms with E-state index in [9.17, 15) is 9.90 Å². The lowest BCUT2D eigenvalue weighted by Gasteiger charge is -2.11. The molecule has 0 unspecified atom stereocenters. The van der Waals surface area contributed by atoms with Crippen LogP contribution in [0.1, 0.15) is 27.2 Å². The summed E-state index contributed by atoms with van der Waals surface area (Å²) in [6, 6.07) is 13.4. The largest absolute Gasteiger partial charge is 0.497 e. The molecule has 0 saturated carbocycles. The molecular formula is C19H19N3O3. The molecule has 2 aromatic carbocycles. The first-order valence-electron chi connectivity index (χ1n) is 7.87. The van der Waals surface area contributed by atoms with Crippen molar-refractivity contribution in [2.75, 3.05) is 7.11 Å². The Bertz CT molecular complexity index is 931. The predicted molar refractivity (Wildman–Crippen MR) is 94.0 cm³/mol. The van der Waals surface area contributed by atoms with Gasteiger partial charge in [-0.1, -0.05) is 41.1 Å². The quantitative estimate of drug-likeness (QED) is 0.773. The van der Waals surface area contributed by atoms with Crippen molar-refractivity contribution >= 4 is 5.97 Å². The lowest BCUT2D eigenvalue weighted by molar-refractivity contribution is 0.0691. The molecule has 0 radical (unpaired) electrons. The maximum absolute atomic E-state index is 11.6. The van der Waals surface area contributed by atoms with Crippen LogP contribution in [0.5, 0.6) is 5.75 Å². The predicted octanol–water partition coefficient (Wildman–Crippen LogP) is 3.32. The van der Waals surface area contributed by atoms with Crippen LogP contribution in [0.25, 0.3) is 11.3 Å². The molecule has 1 heterocycles. The third-order valence-corrected chi connectivity index (χ3v) is 4.11. The molecule has 0 spiro atoms. The first-order valence-corrected chi connectivity index (χ1v) is 7.87. The molecule has 0 atom stereocenters. The average molecular weight is 337 g/mol. The standard InChI is InChI=1S/C19H19N3O3/c1-12-7-8-13(2)15(9-12)11-22-18(17(19(23)24)20-21-22)14-5-4-6-16(10-14)25-3/h4-10H,11H2,1-3H3,(H,23,24). The van der Waals surface area contributed by atoms with Gasteiger partial charge in [-0.2, -0.15) is 0 Å². The summed E-state index contributed by atoms with van der Waals surface area (Å²) in [6.07, 6.45) is 0. The van der Waals surface area contributed by atoms with Crippen molar-refractivity contribution in [1.29, 1.82) is 0 Å². The number of rotatable bonds is 5. The van der Waals surface area contributed by atoms with E-state index in [4.69, 9.17) is 4.74 Å². The molecule has 0 bridgehead atoms. The Labute approximate surface area is 145 Å². The number of ether oxygens (including phenoxy) is 1. The molecule has 0 aliphatic heterocycles. The highest BCUT2D eigenvalue weighted by Crippen LogP contribution is 2.27. The molecule has 0 saturated heterocycles. The molecule has 128 valence electrons. The molecule has 0 aliphatic rings. The fourth-order valence-electron chi connectivity index (χ4n) is 2.76. The summed E-state index contributed by atoms with van der Waals surface area (Å²) in [4.78, 5) is 11.6. The van der Waals surface area contributed by atoms with Gasteiger partial charge in [-0.15, -0.1) is 5.10 Å². The summed E-state index contributed by atoms with van der Waals surface area (Å²) in [6.45, 7) is 4.49. The van der Waals surface area contributed by atoms with E-state index in [1.54, 1.807) is 17.9 Å². The van der Waals surface area contributed by atoms with Gasteiger partial charge >= 0.3 is 5.97 Å². The molecule has 25 heavy (non-hydrogen) atoms. The van der Waals surface area contributed by atoms with Crippen molar-refractivity contribution in [1.82, 2.24) is 15.0 Å². The van der Waals surface area contributed by atoms with Gasteiger partial charge in [0.25, 0.3) is 0 Å². The molecule has 0 amide bonds. The van der Waals surface area contributed by atoms with Crippen LogP contribution in [0.4, 0.5) is 0 Å². The first-order chi connectivity index (χ1) is 12.0. The van der Waals surface area contributed by atoms with Crippen molar-refractivity contribution in [3.8, 4) is 17.0 Å². The number of aromatic carboxylic acids is 1.